The normalized spacial score (nSPS) is 21.4. The van der Waals surface area contributed by atoms with Gasteiger partial charge in [-0.05, 0) is 33.2 Å². The maximum atomic E-state index is 12.1. The van der Waals surface area contributed by atoms with Crippen molar-refractivity contribution in [1.29, 1.82) is 0 Å². The van der Waals surface area contributed by atoms with E-state index in [-0.39, 0.29) is 18.0 Å². The molecule has 86 valence electrons. The Kier molecular flexibility index (Phi) is 4.82. The highest BCUT2D eigenvalue weighted by atomic mass is 16.2. The summed E-state index contributed by atoms with van der Waals surface area (Å²) in [5.41, 5.74) is 0. The highest BCUT2D eigenvalue weighted by Crippen LogP contribution is 2.11. The van der Waals surface area contributed by atoms with E-state index in [9.17, 15) is 4.79 Å². The van der Waals surface area contributed by atoms with E-state index < -0.39 is 0 Å². The molecule has 1 aliphatic heterocycles. The lowest BCUT2D eigenvalue weighted by Crippen LogP contribution is -2.50. The summed E-state index contributed by atoms with van der Waals surface area (Å²) >= 11 is 0. The van der Waals surface area contributed by atoms with E-state index >= 15 is 0 Å². The first kappa shape index (κ1) is 12.2. The first-order valence-electron chi connectivity index (χ1n) is 5.81. The van der Waals surface area contributed by atoms with Crippen LogP contribution in [0.3, 0.4) is 0 Å². The van der Waals surface area contributed by atoms with Crippen molar-refractivity contribution in [2.45, 2.75) is 45.2 Å². The van der Waals surface area contributed by atoms with Gasteiger partial charge in [0.25, 0.3) is 0 Å². The van der Waals surface area contributed by atoms with Gasteiger partial charge in [0, 0.05) is 12.6 Å². The van der Waals surface area contributed by atoms with Crippen LogP contribution in [0.4, 0.5) is 0 Å². The fourth-order valence-electron chi connectivity index (χ4n) is 1.96. The van der Waals surface area contributed by atoms with Gasteiger partial charge in [0.1, 0.15) is 0 Å². The van der Waals surface area contributed by atoms with E-state index in [4.69, 9.17) is 0 Å². The Morgan fingerprint density at radius 3 is 2.80 bits per heavy atom. The fourth-order valence-corrected chi connectivity index (χ4v) is 1.96. The highest BCUT2D eigenvalue weighted by Gasteiger charge is 2.26. The maximum absolute atomic E-state index is 12.1. The van der Waals surface area contributed by atoms with E-state index in [0.717, 1.165) is 19.4 Å². The van der Waals surface area contributed by atoms with Crippen LogP contribution in [0.2, 0.25) is 0 Å². The fraction of sp³-hybridized carbons (Fsp3) is 0.750. The molecule has 1 amide bonds. The average Bonchev–Trinajstić information content (AvgIpc) is 2.26. The van der Waals surface area contributed by atoms with Gasteiger partial charge < -0.3 is 10.2 Å². The van der Waals surface area contributed by atoms with Crippen LogP contribution in [0.1, 0.15) is 33.1 Å². The number of nitrogens with zero attached hydrogens (tertiary/aromatic N) is 1. The van der Waals surface area contributed by atoms with Gasteiger partial charge in [0.05, 0.1) is 6.04 Å². The second-order valence-corrected chi connectivity index (χ2v) is 4.38. The molecule has 0 aromatic rings. The van der Waals surface area contributed by atoms with Crippen molar-refractivity contribution in [2.24, 2.45) is 0 Å². The summed E-state index contributed by atoms with van der Waals surface area (Å²) in [6.45, 7) is 9.40. The van der Waals surface area contributed by atoms with Gasteiger partial charge in [-0.3, -0.25) is 4.79 Å². The number of carbonyl (C=O) groups is 1. The summed E-state index contributed by atoms with van der Waals surface area (Å²) in [6, 6.07) is 0.278. The van der Waals surface area contributed by atoms with Crippen molar-refractivity contribution in [3.63, 3.8) is 0 Å². The summed E-state index contributed by atoms with van der Waals surface area (Å²) in [5, 5.41) is 3.29. The molecule has 1 aliphatic rings. The Morgan fingerprint density at radius 2 is 2.33 bits per heavy atom. The third-order valence-corrected chi connectivity index (χ3v) is 2.84. The maximum Gasteiger partial charge on any atom is 0.240 e. The molecule has 1 heterocycles. The van der Waals surface area contributed by atoms with Gasteiger partial charge in [-0.15, -0.1) is 6.58 Å². The number of nitrogens with one attached hydrogen (secondary N) is 1. The first-order chi connectivity index (χ1) is 7.16. The molecule has 1 N–H and O–H groups in total. The number of carbonyl (C=O) groups excluding carboxylic acids is 1. The van der Waals surface area contributed by atoms with Crippen molar-refractivity contribution >= 4 is 5.91 Å². The molecule has 0 saturated carbocycles. The summed E-state index contributed by atoms with van der Waals surface area (Å²) in [6.07, 6.45) is 5.11. The molecule has 0 radical (unpaired) electrons. The number of hydrogen-bond donors (Lipinski definition) is 1. The van der Waals surface area contributed by atoms with Gasteiger partial charge in [0.15, 0.2) is 0 Å². The zero-order chi connectivity index (χ0) is 11.3. The monoisotopic (exact) mass is 210 g/mol. The van der Waals surface area contributed by atoms with Crippen molar-refractivity contribution < 1.29 is 4.79 Å². The highest BCUT2D eigenvalue weighted by molar-refractivity contribution is 5.82. The van der Waals surface area contributed by atoms with Gasteiger partial charge in [-0.1, -0.05) is 12.5 Å². The standard InChI is InChI=1S/C12H22N2O/c1-4-9-14(10(2)3)12(15)11-7-5-6-8-13-11/h4,10-11,13H,1,5-9H2,2-3H3/t11-/m1/s1. The summed E-state index contributed by atoms with van der Waals surface area (Å²) < 4.78 is 0. The molecule has 1 rings (SSSR count). The van der Waals surface area contributed by atoms with Crippen LogP contribution >= 0.6 is 0 Å². The molecule has 0 unspecified atom stereocenters. The Labute approximate surface area is 92.5 Å². The van der Waals surface area contributed by atoms with Crippen molar-refractivity contribution in [3.05, 3.63) is 12.7 Å². The molecule has 0 bridgehead atoms. The summed E-state index contributed by atoms with van der Waals surface area (Å²) in [7, 11) is 0. The third kappa shape index (κ3) is 3.34. The van der Waals surface area contributed by atoms with Gasteiger partial charge >= 0.3 is 0 Å². The van der Waals surface area contributed by atoms with Gasteiger partial charge in [0.2, 0.25) is 5.91 Å². The van der Waals surface area contributed by atoms with Crippen LogP contribution in [0.5, 0.6) is 0 Å². The smallest absolute Gasteiger partial charge is 0.240 e. The minimum atomic E-state index is 0.0288. The first-order valence-corrected chi connectivity index (χ1v) is 5.81. The van der Waals surface area contributed by atoms with Crippen molar-refractivity contribution in [3.8, 4) is 0 Å². The minimum Gasteiger partial charge on any atom is -0.335 e. The molecular formula is C12H22N2O. The second-order valence-electron chi connectivity index (χ2n) is 4.38. The van der Waals surface area contributed by atoms with Crippen LogP contribution in [-0.4, -0.2) is 36.0 Å². The lowest BCUT2D eigenvalue weighted by molar-refractivity contribution is -0.135. The van der Waals surface area contributed by atoms with Crippen LogP contribution in [0.25, 0.3) is 0 Å². The molecule has 15 heavy (non-hydrogen) atoms. The average molecular weight is 210 g/mol. The Bertz CT molecular complexity index is 220. The number of hydrogen-bond acceptors (Lipinski definition) is 2. The molecule has 0 aliphatic carbocycles. The third-order valence-electron chi connectivity index (χ3n) is 2.84. The van der Waals surface area contributed by atoms with Gasteiger partial charge in [-0.2, -0.15) is 0 Å². The molecule has 0 spiro atoms. The molecule has 0 aromatic carbocycles. The number of rotatable bonds is 4. The van der Waals surface area contributed by atoms with E-state index in [1.54, 1.807) is 6.08 Å². The van der Waals surface area contributed by atoms with E-state index in [1.807, 2.05) is 18.7 Å². The number of piperidine rings is 1. The SMILES string of the molecule is C=CCN(C(=O)[C@H]1CCCCN1)C(C)C. The lowest BCUT2D eigenvalue weighted by Gasteiger charge is -2.32. The quantitative estimate of drug-likeness (QED) is 0.714. The van der Waals surface area contributed by atoms with Crippen LogP contribution in [-0.2, 0) is 4.79 Å². The minimum absolute atomic E-state index is 0.0288. The summed E-state index contributed by atoms with van der Waals surface area (Å²) in [5.74, 6) is 0.226. The van der Waals surface area contributed by atoms with Crippen LogP contribution < -0.4 is 5.32 Å². The predicted molar refractivity (Wildman–Crippen MR) is 62.7 cm³/mol. The molecule has 1 saturated heterocycles. The zero-order valence-electron chi connectivity index (χ0n) is 9.83. The zero-order valence-corrected chi connectivity index (χ0v) is 9.83. The Morgan fingerprint density at radius 1 is 1.60 bits per heavy atom. The Hall–Kier alpha value is -0.830. The largest absolute Gasteiger partial charge is 0.335 e. The van der Waals surface area contributed by atoms with E-state index in [1.165, 1.54) is 6.42 Å². The molecular weight excluding hydrogens is 188 g/mol. The Balaban J connectivity index is 2.57. The van der Waals surface area contributed by atoms with Crippen molar-refractivity contribution in [1.82, 2.24) is 10.2 Å². The van der Waals surface area contributed by atoms with Gasteiger partial charge in [-0.25, -0.2) is 0 Å². The lowest BCUT2D eigenvalue weighted by atomic mass is 10.0. The molecule has 3 heteroatoms. The van der Waals surface area contributed by atoms with E-state index in [2.05, 4.69) is 11.9 Å². The van der Waals surface area contributed by atoms with Crippen molar-refractivity contribution in [2.75, 3.05) is 13.1 Å². The molecule has 1 fully saturated rings. The van der Waals surface area contributed by atoms with Crippen LogP contribution in [0.15, 0.2) is 12.7 Å². The predicted octanol–water partition coefficient (Wildman–Crippen LogP) is 1.55. The second kappa shape index (κ2) is 5.91. The number of amides is 1. The summed E-state index contributed by atoms with van der Waals surface area (Å²) in [4.78, 5) is 14.0. The molecule has 0 aromatic heterocycles. The topological polar surface area (TPSA) is 32.3 Å². The van der Waals surface area contributed by atoms with E-state index in [0.29, 0.717) is 6.54 Å². The molecule has 1 atom stereocenters. The molecule has 3 nitrogen and oxygen atoms in total. The van der Waals surface area contributed by atoms with Crippen LogP contribution in [0, 0.1) is 0 Å².